The van der Waals surface area contributed by atoms with E-state index in [0.29, 0.717) is 51.7 Å². The van der Waals surface area contributed by atoms with Crippen LogP contribution in [0, 0.1) is 22.7 Å². The van der Waals surface area contributed by atoms with Crippen molar-refractivity contribution in [1.29, 1.82) is 5.26 Å². The third kappa shape index (κ3) is 5.74. The van der Waals surface area contributed by atoms with E-state index in [9.17, 15) is 10.1 Å². The molecule has 4 nitrogen and oxygen atoms in total. The van der Waals surface area contributed by atoms with E-state index < -0.39 is 0 Å². The van der Waals surface area contributed by atoms with Gasteiger partial charge in [-0.3, -0.25) is 4.79 Å². The van der Waals surface area contributed by atoms with Crippen molar-refractivity contribution in [3.63, 3.8) is 0 Å². The van der Waals surface area contributed by atoms with E-state index in [1.54, 1.807) is 29.5 Å². The normalized spacial score (nSPS) is 15.8. The lowest BCUT2D eigenvalue weighted by molar-refractivity contribution is -0.116. The third-order valence-corrected chi connectivity index (χ3v) is 8.05. The maximum absolute atomic E-state index is 12.5. The number of ether oxygens (including phenoxy) is 1. The molecule has 0 spiro atoms. The second-order valence-corrected chi connectivity index (χ2v) is 10.6. The van der Waals surface area contributed by atoms with Gasteiger partial charge in [0.25, 0.3) is 0 Å². The van der Waals surface area contributed by atoms with E-state index >= 15 is 0 Å². The van der Waals surface area contributed by atoms with Crippen LogP contribution in [-0.4, -0.2) is 12.5 Å². The monoisotopic (exact) mass is 478 g/mol. The van der Waals surface area contributed by atoms with Crippen LogP contribution in [-0.2, 0) is 17.6 Å². The van der Waals surface area contributed by atoms with E-state index in [4.69, 9.17) is 27.9 Å². The largest absolute Gasteiger partial charge is 0.492 e. The summed E-state index contributed by atoms with van der Waals surface area (Å²) < 4.78 is 5.64. The van der Waals surface area contributed by atoms with Crippen LogP contribution in [0.1, 0.15) is 62.5 Å². The quantitative estimate of drug-likeness (QED) is 0.405. The van der Waals surface area contributed by atoms with Gasteiger partial charge in [-0.1, -0.05) is 50.4 Å². The maximum atomic E-state index is 12.5. The van der Waals surface area contributed by atoms with Gasteiger partial charge in [0.05, 0.1) is 17.2 Å². The van der Waals surface area contributed by atoms with Gasteiger partial charge in [0.2, 0.25) is 5.91 Å². The molecule has 1 aromatic carbocycles. The summed E-state index contributed by atoms with van der Waals surface area (Å²) in [6, 6.07) is 7.37. The minimum atomic E-state index is -0.105. The summed E-state index contributed by atoms with van der Waals surface area (Å²) in [4.78, 5) is 13.7. The number of nitrogens with zero attached hydrogens (tertiary/aromatic N) is 1. The molecule has 166 valence electrons. The van der Waals surface area contributed by atoms with Crippen molar-refractivity contribution < 1.29 is 9.53 Å². The van der Waals surface area contributed by atoms with E-state index in [1.165, 1.54) is 4.88 Å². The Balaban J connectivity index is 1.56. The lowest BCUT2D eigenvalue weighted by atomic mass is 9.69. The summed E-state index contributed by atoms with van der Waals surface area (Å²) in [6.45, 7) is 7.25. The van der Waals surface area contributed by atoms with Gasteiger partial charge in [-0.2, -0.15) is 5.26 Å². The third-order valence-electron chi connectivity index (χ3n) is 6.35. The Hall–Kier alpha value is -1.74. The SMILES string of the molecule is CCC(C)(C)C1CCc2c(sc(NC(=O)CCCOc3ccc(Cl)cc3Cl)c2C#N)C1. The standard InChI is InChI=1S/C24H28Cl2N2O2S/c1-4-24(2,3)15-7-9-17-18(14-27)23(31-21(17)12-15)28-22(29)6-5-11-30-20-10-8-16(25)13-19(20)26/h8,10,13,15H,4-7,9,11-12H2,1-3H3,(H,28,29). The molecule has 0 saturated carbocycles. The molecular formula is C24H28Cl2N2O2S. The summed E-state index contributed by atoms with van der Waals surface area (Å²) >= 11 is 13.5. The summed E-state index contributed by atoms with van der Waals surface area (Å²) in [5.41, 5.74) is 2.06. The number of carbonyl (C=O) groups is 1. The second-order valence-electron chi connectivity index (χ2n) is 8.68. The predicted octanol–water partition coefficient (Wildman–Crippen LogP) is 7.27. The van der Waals surface area contributed by atoms with Gasteiger partial charge < -0.3 is 10.1 Å². The number of amides is 1. The Labute approximate surface area is 198 Å². The number of fused-ring (bicyclic) bond motifs is 1. The molecule has 3 rings (SSSR count). The summed E-state index contributed by atoms with van der Waals surface area (Å²) in [6.07, 6.45) is 4.98. The molecule has 0 fully saturated rings. The fourth-order valence-electron chi connectivity index (χ4n) is 3.94. The second kappa shape index (κ2) is 10.3. The van der Waals surface area contributed by atoms with Gasteiger partial charge in [0, 0.05) is 16.3 Å². The van der Waals surface area contributed by atoms with Gasteiger partial charge in [-0.15, -0.1) is 11.3 Å². The fourth-order valence-corrected chi connectivity index (χ4v) is 5.70. The minimum Gasteiger partial charge on any atom is -0.492 e. The van der Waals surface area contributed by atoms with Gasteiger partial charge in [-0.05, 0) is 60.8 Å². The molecule has 2 aromatic rings. The van der Waals surface area contributed by atoms with E-state index in [-0.39, 0.29) is 11.3 Å². The van der Waals surface area contributed by atoms with E-state index in [0.717, 1.165) is 31.2 Å². The number of carbonyl (C=O) groups excluding carboxylic acids is 1. The van der Waals surface area contributed by atoms with Crippen molar-refractivity contribution in [2.45, 2.75) is 59.3 Å². The van der Waals surface area contributed by atoms with Crippen LogP contribution in [0.15, 0.2) is 18.2 Å². The van der Waals surface area contributed by atoms with Crippen LogP contribution in [0.2, 0.25) is 10.0 Å². The van der Waals surface area contributed by atoms with Gasteiger partial charge in [-0.25, -0.2) is 0 Å². The number of thiophene rings is 1. The molecule has 1 N–H and O–H groups in total. The van der Waals surface area contributed by atoms with Crippen molar-refractivity contribution in [2.75, 3.05) is 11.9 Å². The van der Waals surface area contributed by atoms with E-state index in [1.807, 2.05) is 0 Å². The number of nitrogens with one attached hydrogen (secondary N) is 1. The molecule has 0 saturated heterocycles. The van der Waals surface area contributed by atoms with Gasteiger partial charge >= 0.3 is 0 Å². The lowest BCUT2D eigenvalue weighted by Crippen LogP contribution is -2.28. The Kier molecular flexibility index (Phi) is 7.91. The molecule has 0 bridgehead atoms. The smallest absolute Gasteiger partial charge is 0.225 e. The molecule has 1 unspecified atom stereocenters. The Morgan fingerprint density at radius 3 is 2.84 bits per heavy atom. The Morgan fingerprint density at radius 2 is 2.16 bits per heavy atom. The fraction of sp³-hybridized carbons (Fsp3) is 0.500. The predicted molar refractivity (Wildman–Crippen MR) is 128 cm³/mol. The van der Waals surface area contributed by atoms with Gasteiger partial charge in [0.1, 0.15) is 16.8 Å². The summed E-state index contributed by atoms with van der Waals surface area (Å²) in [7, 11) is 0. The van der Waals surface area contributed by atoms with Crippen molar-refractivity contribution in [3.8, 4) is 11.8 Å². The first-order valence-corrected chi connectivity index (χ1v) is 12.2. The molecule has 1 aromatic heterocycles. The number of halogens is 2. The zero-order valence-electron chi connectivity index (χ0n) is 18.2. The average molecular weight is 479 g/mol. The van der Waals surface area contributed by atoms with Crippen molar-refractivity contribution in [2.24, 2.45) is 11.3 Å². The first-order chi connectivity index (χ1) is 14.7. The van der Waals surface area contributed by atoms with Gasteiger partial charge in [0.15, 0.2) is 0 Å². The van der Waals surface area contributed by atoms with Crippen molar-refractivity contribution in [3.05, 3.63) is 44.2 Å². The molecule has 1 atom stereocenters. The molecule has 0 aliphatic heterocycles. The van der Waals surface area contributed by atoms with E-state index in [2.05, 4.69) is 32.2 Å². The Bertz CT molecular complexity index is 994. The highest BCUT2D eigenvalue weighted by molar-refractivity contribution is 7.16. The first kappa shape index (κ1) is 23.9. The van der Waals surface area contributed by atoms with Crippen molar-refractivity contribution in [1.82, 2.24) is 0 Å². The lowest BCUT2D eigenvalue weighted by Gasteiger charge is -2.36. The van der Waals surface area contributed by atoms with Crippen LogP contribution in [0.5, 0.6) is 5.75 Å². The number of hydrogen-bond acceptors (Lipinski definition) is 4. The zero-order chi connectivity index (χ0) is 22.6. The minimum absolute atomic E-state index is 0.105. The zero-order valence-corrected chi connectivity index (χ0v) is 20.5. The highest BCUT2D eigenvalue weighted by Gasteiger charge is 2.34. The molecule has 1 aliphatic rings. The van der Waals surface area contributed by atoms with Crippen LogP contribution >= 0.6 is 34.5 Å². The topological polar surface area (TPSA) is 62.1 Å². The van der Waals surface area contributed by atoms with Crippen LogP contribution in [0.3, 0.4) is 0 Å². The number of nitriles is 1. The highest BCUT2D eigenvalue weighted by Crippen LogP contribution is 2.45. The molecule has 0 radical (unpaired) electrons. The molecule has 1 heterocycles. The summed E-state index contributed by atoms with van der Waals surface area (Å²) in [5.74, 6) is 1.05. The van der Waals surface area contributed by atoms with Crippen molar-refractivity contribution >= 4 is 45.4 Å². The van der Waals surface area contributed by atoms with Crippen LogP contribution < -0.4 is 10.1 Å². The number of rotatable bonds is 8. The number of anilines is 1. The first-order valence-electron chi connectivity index (χ1n) is 10.7. The molecule has 31 heavy (non-hydrogen) atoms. The van der Waals surface area contributed by atoms with Crippen LogP contribution in [0.4, 0.5) is 5.00 Å². The molecule has 7 heteroatoms. The molecule has 1 aliphatic carbocycles. The summed E-state index contributed by atoms with van der Waals surface area (Å²) in [5, 5.41) is 14.3. The molecular weight excluding hydrogens is 451 g/mol. The molecule has 1 amide bonds. The highest BCUT2D eigenvalue weighted by atomic mass is 35.5. The van der Waals surface area contributed by atoms with Crippen LogP contribution in [0.25, 0.3) is 0 Å². The number of benzene rings is 1. The average Bonchev–Trinajstić information content (AvgIpc) is 3.08. The maximum Gasteiger partial charge on any atom is 0.225 e. The number of hydrogen-bond donors (Lipinski definition) is 1. The Morgan fingerprint density at radius 1 is 1.39 bits per heavy atom.